The number of hydrogen-bond acceptors (Lipinski definition) is 3. The van der Waals surface area contributed by atoms with E-state index >= 15 is 0 Å². The van der Waals surface area contributed by atoms with E-state index in [2.05, 4.69) is 6.07 Å². The minimum absolute atomic E-state index is 0.0849. The molecule has 0 unspecified atom stereocenters. The summed E-state index contributed by atoms with van der Waals surface area (Å²) < 4.78 is 0. The van der Waals surface area contributed by atoms with E-state index in [-0.39, 0.29) is 12.6 Å². The van der Waals surface area contributed by atoms with Gasteiger partial charge >= 0.3 is 6.03 Å². The Morgan fingerprint density at radius 2 is 1.85 bits per heavy atom. The van der Waals surface area contributed by atoms with Crippen LogP contribution in [0, 0.1) is 17.2 Å². The first-order chi connectivity index (χ1) is 12.6. The first-order valence-corrected chi connectivity index (χ1v) is 9.53. The zero-order valence-electron chi connectivity index (χ0n) is 14.8. The SMILES string of the molecule is N#CC(=C1CCN(C(=O)N2CCC(CO)CC2)CC1)c1cccc(Cl)c1. The van der Waals surface area contributed by atoms with Gasteiger partial charge in [-0.1, -0.05) is 23.7 Å². The molecule has 3 rings (SSSR count). The van der Waals surface area contributed by atoms with Crippen LogP contribution in [0.1, 0.15) is 31.2 Å². The van der Waals surface area contributed by atoms with Crippen LogP contribution in [0.3, 0.4) is 0 Å². The predicted molar refractivity (Wildman–Crippen MR) is 102 cm³/mol. The van der Waals surface area contributed by atoms with Crippen LogP contribution in [-0.4, -0.2) is 53.7 Å². The number of allylic oxidation sites excluding steroid dienone is 1. The van der Waals surface area contributed by atoms with Crippen LogP contribution in [0.15, 0.2) is 29.8 Å². The molecule has 0 spiro atoms. The molecule has 138 valence electrons. The predicted octanol–water partition coefficient (Wildman–Crippen LogP) is 3.54. The van der Waals surface area contributed by atoms with Gasteiger partial charge in [0, 0.05) is 37.8 Å². The lowest BCUT2D eigenvalue weighted by Gasteiger charge is -2.37. The molecule has 0 bridgehead atoms. The molecule has 1 aromatic rings. The summed E-state index contributed by atoms with van der Waals surface area (Å²) in [5.41, 5.74) is 2.63. The number of urea groups is 1. The van der Waals surface area contributed by atoms with E-state index < -0.39 is 0 Å². The number of amides is 2. The number of likely N-dealkylation sites (tertiary alicyclic amines) is 2. The van der Waals surface area contributed by atoms with Crippen molar-refractivity contribution in [2.24, 2.45) is 5.92 Å². The van der Waals surface area contributed by atoms with Gasteiger partial charge < -0.3 is 14.9 Å². The van der Waals surface area contributed by atoms with Crippen molar-refractivity contribution >= 4 is 23.2 Å². The molecule has 1 N–H and O–H groups in total. The maximum absolute atomic E-state index is 12.7. The van der Waals surface area contributed by atoms with Gasteiger partial charge in [0.2, 0.25) is 0 Å². The van der Waals surface area contributed by atoms with Gasteiger partial charge in [-0.3, -0.25) is 0 Å². The monoisotopic (exact) mass is 373 g/mol. The van der Waals surface area contributed by atoms with Crippen LogP contribution >= 0.6 is 11.6 Å². The lowest BCUT2D eigenvalue weighted by Crippen LogP contribution is -2.48. The van der Waals surface area contributed by atoms with E-state index in [0.717, 1.165) is 37.1 Å². The second-order valence-electron chi connectivity index (χ2n) is 6.98. The first-order valence-electron chi connectivity index (χ1n) is 9.15. The van der Waals surface area contributed by atoms with Crippen molar-refractivity contribution in [3.05, 3.63) is 40.4 Å². The molecule has 2 aliphatic heterocycles. The molecule has 0 aromatic heterocycles. The van der Waals surface area contributed by atoms with E-state index in [0.29, 0.717) is 42.4 Å². The molecule has 2 fully saturated rings. The average molecular weight is 374 g/mol. The van der Waals surface area contributed by atoms with E-state index in [1.165, 1.54) is 0 Å². The number of piperidine rings is 2. The molecule has 2 aliphatic rings. The van der Waals surface area contributed by atoms with Gasteiger partial charge in [-0.25, -0.2) is 4.79 Å². The summed E-state index contributed by atoms with van der Waals surface area (Å²) in [5.74, 6) is 0.325. The van der Waals surface area contributed by atoms with Crippen LogP contribution in [0.4, 0.5) is 4.79 Å². The van der Waals surface area contributed by atoms with Crippen molar-refractivity contribution in [2.75, 3.05) is 32.8 Å². The van der Waals surface area contributed by atoms with Gasteiger partial charge in [0.05, 0.1) is 11.6 Å². The van der Waals surface area contributed by atoms with Crippen molar-refractivity contribution in [2.45, 2.75) is 25.7 Å². The molecule has 0 atom stereocenters. The summed E-state index contributed by atoms with van der Waals surface area (Å²) in [5, 5.41) is 19.4. The number of carbonyl (C=O) groups is 1. The summed E-state index contributed by atoms with van der Waals surface area (Å²) in [4.78, 5) is 16.5. The van der Waals surface area contributed by atoms with Gasteiger partial charge in [0.15, 0.2) is 0 Å². The number of hydrogen-bond donors (Lipinski definition) is 1. The molecule has 5 nitrogen and oxygen atoms in total. The van der Waals surface area contributed by atoms with E-state index in [9.17, 15) is 15.2 Å². The van der Waals surface area contributed by atoms with Crippen molar-refractivity contribution in [1.29, 1.82) is 5.26 Å². The fourth-order valence-electron chi connectivity index (χ4n) is 3.72. The van der Waals surface area contributed by atoms with Crippen LogP contribution < -0.4 is 0 Å². The fourth-order valence-corrected chi connectivity index (χ4v) is 3.91. The Morgan fingerprint density at radius 3 is 2.42 bits per heavy atom. The lowest BCUT2D eigenvalue weighted by molar-refractivity contribution is 0.112. The van der Waals surface area contributed by atoms with Crippen molar-refractivity contribution in [1.82, 2.24) is 9.80 Å². The maximum Gasteiger partial charge on any atom is 0.320 e. The highest BCUT2D eigenvalue weighted by Gasteiger charge is 2.28. The average Bonchev–Trinajstić information content (AvgIpc) is 2.69. The Morgan fingerprint density at radius 1 is 1.19 bits per heavy atom. The highest BCUT2D eigenvalue weighted by Crippen LogP contribution is 2.28. The molecule has 0 radical (unpaired) electrons. The number of halogens is 1. The zero-order valence-corrected chi connectivity index (χ0v) is 15.6. The molecular weight excluding hydrogens is 350 g/mol. The molecule has 1 aromatic carbocycles. The van der Waals surface area contributed by atoms with Gasteiger partial charge in [-0.15, -0.1) is 0 Å². The van der Waals surface area contributed by atoms with Crippen LogP contribution in [0.5, 0.6) is 0 Å². The molecule has 2 amide bonds. The number of carbonyl (C=O) groups excluding carboxylic acids is 1. The second-order valence-corrected chi connectivity index (χ2v) is 7.42. The summed E-state index contributed by atoms with van der Waals surface area (Å²) >= 11 is 6.05. The molecule has 2 saturated heterocycles. The fraction of sp³-hybridized carbons (Fsp3) is 0.500. The van der Waals surface area contributed by atoms with E-state index in [1.54, 1.807) is 6.07 Å². The lowest BCUT2D eigenvalue weighted by atomic mass is 9.94. The number of benzene rings is 1. The summed E-state index contributed by atoms with van der Waals surface area (Å²) in [6, 6.07) is 9.77. The van der Waals surface area contributed by atoms with Gasteiger partial charge in [0.1, 0.15) is 0 Å². The number of rotatable bonds is 2. The first kappa shape index (κ1) is 18.8. The largest absolute Gasteiger partial charge is 0.396 e. The Kier molecular flexibility index (Phi) is 6.18. The number of aliphatic hydroxyl groups is 1. The second kappa shape index (κ2) is 8.57. The molecule has 0 saturated carbocycles. The topological polar surface area (TPSA) is 67.6 Å². The molecule has 0 aliphatic carbocycles. The van der Waals surface area contributed by atoms with Crippen molar-refractivity contribution < 1.29 is 9.90 Å². The maximum atomic E-state index is 12.7. The van der Waals surface area contributed by atoms with Crippen LogP contribution in [0.2, 0.25) is 5.02 Å². The van der Waals surface area contributed by atoms with E-state index in [1.807, 2.05) is 28.0 Å². The Bertz CT molecular complexity index is 723. The minimum Gasteiger partial charge on any atom is -0.396 e. The van der Waals surface area contributed by atoms with Gasteiger partial charge in [-0.2, -0.15) is 5.26 Å². The minimum atomic E-state index is 0.0849. The molecule has 26 heavy (non-hydrogen) atoms. The quantitative estimate of drug-likeness (QED) is 0.806. The summed E-state index contributed by atoms with van der Waals surface area (Å²) in [6.45, 7) is 2.92. The van der Waals surface area contributed by atoms with Crippen LogP contribution in [-0.2, 0) is 0 Å². The molecular formula is C20H24ClN3O2. The normalized spacial score (nSPS) is 18.6. The standard InChI is InChI=1S/C20H24ClN3O2/c21-18-3-1-2-17(12-18)19(13-22)16-6-10-24(11-7-16)20(26)23-8-4-15(14-25)5-9-23/h1-3,12,15,25H,4-11,14H2. The smallest absolute Gasteiger partial charge is 0.320 e. The Hall–Kier alpha value is -2.03. The van der Waals surface area contributed by atoms with Gasteiger partial charge in [0.25, 0.3) is 0 Å². The Labute approximate surface area is 159 Å². The molecule has 6 heteroatoms. The third-order valence-electron chi connectivity index (χ3n) is 5.36. The third-order valence-corrected chi connectivity index (χ3v) is 5.59. The van der Waals surface area contributed by atoms with Crippen molar-refractivity contribution in [3.8, 4) is 6.07 Å². The number of aliphatic hydroxyl groups excluding tert-OH is 1. The molecule has 2 heterocycles. The van der Waals surface area contributed by atoms with Crippen LogP contribution in [0.25, 0.3) is 5.57 Å². The highest BCUT2D eigenvalue weighted by atomic mass is 35.5. The Balaban J connectivity index is 1.63. The zero-order chi connectivity index (χ0) is 18.5. The van der Waals surface area contributed by atoms with E-state index in [4.69, 9.17) is 11.6 Å². The van der Waals surface area contributed by atoms with Crippen molar-refractivity contribution in [3.63, 3.8) is 0 Å². The van der Waals surface area contributed by atoms with Gasteiger partial charge in [-0.05, 0) is 54.9 Å². The summed E-state index contributed by atoms with van der Waals surface area (Å²) in [6.07, 6.45) is 3.17. The highest BCUT2D eigenvalue weighted by molar-refractivity contribution is 6.30. The number of nitriles is 1. The number of nitrogens with zero attached hydrogens (tertiary/aromatic N) is 3. The third kappa shape index (κ3) is 4.20. The summed E-state index contributed by atoms with van der Waals surface area (Å²) in [7, 11) is 0.